The van der Waals surface area contributed by atoms with E-state index in [2.05, 4.69) is 13.8 Å². The van der Waals surface area contributed by atoms with Gasteiger partial charge in [0.15, 0.2) is 0 Å². The van der Waals surface area contributed by atoms with Gasteiger partial charge in [0.2, 0.25) is 0 Å². The average molecular weight is 187 g/mol. The maximum absolute atomic E-state index is 11.4. The molecule has 0 spiro atoms. The lowest BCUT2D eigenvalue weighted by molar-refractivity contribution is 0.616. The van der Waals surface area contributed by atoms with Crippen LogP contribution in [0.15, 0.2) is 0 Å². The largest absolute Gasteiger partial charge is 0.259 e. The maximum atomic E-state index is 11.4. The van der Waals surface area contributed by atoms with Crippen molar-refractivity contribution < 1.29 is 4.21 Å². The Morgan fingerprint density at radius 3 is 2.42 bits per heavy atom. The Kier molecular flexibility index (Phi) is 6.00. The van der Waals surface area contributed by atoms with Gasteiger partial charge >= 0.3 is 0 Å². The molecule has 0 amide bonds. The third-order valence-corrected chi connectivity index (χ3v) is 3.43. The summed E-state index contributed by atoms with van der Waals surface area (Å²) in [5.74, 6) is 1.34. The van der Waals surface area contributed by atoms with Crippen LogP contribution in [0.1, 0.15) is 33.6 Å². The number of hydrogen-bond donors (Lipinski definition) is 0. The molecule has 0 heterocycles. The molecular weight excluding hydrogens is 170 g/mol. The highest BCUT2D eigenvalue weighted by molar-refractivity contribution is 7.85. The number of nitriles is 1. The van der Waals surface area contributed by atoms with E-state index < -0.39 is 10.8 Å². The molecule has 3 heteroatoms. The summed E-state index contributed by atoms with van der Waals surface area (Å²) < 4.78 is 11.4. The molecule has 0 saturated heterocycles. The third kappa shape index (κ3) is 5.31. The minimum atomic E-state index is -0.808. The zero-order valence-corrected chi connectivity index (χ0v) is 8.86. The van der Waals surface area contributed by atoms with Crippen LogP contribution in [0, 0.1) is 17.2 Å². The minimum absolute atomic E-state index is 0.0359. The fourth-order valence-electron chi connectivity index (χ4n) is 0.775. The summed E-state index contributed by atoms with van der Waals surface area (Å²) in [4.78, 5) is 0. The molecule has 0 saturated carbocycles. The Morgan fingerprint density at radius 1 is 1.42 bits per heavy atom. The summed E-state index contributed by atoms with van der Waals surface area (Å²) in [6.45, 7) is 6.11. The third-order valence-electron chi connectivity index (χ3n) is 1.72. The van der Waals surface area contributed by atoms with E-state index in [0.717, 1.165) is 12.2 Å². The molecule has 0 aliphatic carbocycles. The maximum Gasteiger partial charge on any atom is 0.0634 e. The molecule has 0 bridgehead atoms. The smallest absolute Gasteiger partial charge is 0.0634 e. The van der Waals surface area contributed by atoms with Gasteiger partial charge in [-0.2, -0.15) is 5.26 Å². The van der Waals surface area contributed by atoms with E-state index in [-0.39, 0.29) is 5.25 Å². The SMILES string of the molecule is CC(C)CCS(=O)C(C)CC#N. The summed E-state index contributed by atoms with van der Waals surface area (Å²) in [6.07, 6.45) is 1.40. The number of rotatable bonds is 5. The number of hydrogen-bond acceptors (Lipinski definition) is 2. The van der Waals surface area contributed by atoms with E-state index in [1.54, 1.807) is 0 Å². The number of nitrogens with zero attached hydrogens (tertiary/aromatic N) is 1. The second-order valence-electron chi connectivity index (χ2n) is 3.44. The van der Waals surface area contributed by atoms with E-state index in [4.69, 9.17) is 5.26 Å². The van der Waals surface area contributed by atoms with Crippen LogP contribution in [0.3, 0.4) is 0 Å². The molecule has 0 radical (unpaired) electrons. The monoisotopic (exact) mass is 187 g/mol. The Bertz CT molecular complexity index is 183. The topological polar surface area (TPSA) is 40.9 Å². The lowest BCUT2D eigenvalue weighted by Gasteiger charge is -2.08. The second kappa shape index (κ2) is 6.19. The molecule has 70 valence electrons. The highest BCUT2D eigenvalue weighted by Crippen LogP contribution is 2.06. The molecule has 0 fully saturated rings. The van der Waals surface area contributed by atoms with Crippen LogP contribution >= 0.6 is 0 Å². The lowest BCUT2D eigenvalue weighted by atomic mass is 10.2. The molecule has 2 nitrogen and oxygen atoms in total. The molecular formula is C9H17NOS. The standard InChI is InChI=1S/C9H17NOS/c1-8(2)5-7-12(11)9(3)4-6-10/h8-9H,4-5,7H2,1-3H3. The van der Waals surface area contributed by atoms with Crippen LogP contribution in [0.2, 0.25) is 0 Å². The summed E-state index contributed by atoms with van der Waals surface area (Å²) in [7, 11) is -0.808. The zero-order valence-electron chi connectivity index (χ0n) is 8.04. The van der Waals surface area contributed by atoms with Gasteiger partial charge in [0, 0.05) is 28.2 Å². The second-order valence-corrected chi connectivity index (χ2v) is 5.41. The molecule has 0 N–H and O–H groups in total. The molecule has 0 aliphatic heterocycles. The van der Waals surface area contributed by atoms with E-state index >= 15 is 0 Å². The van der Waals surface area contributed by atoms with Crippen LogP contribution in [-0.2, 0) is 10.8 Å². The normalized spacial score (nSPS) is 15.6. The molecule has 0 aromatic heterocycles. The predicted molar refractivity (Wildman–Crippen MR) is 52.2 cm³/mol. The first-order valence-electron chi connectivity index (χ1n) is 4.32. The summed E-state index contributed by atoms with van der Waals surface area (Å²) in [5, 5.41) is 8.41. The first-order chi connectivity index (χ1) is 5.57. The van der Waals surface area contributed by atoms with E-state index in [1.165, 1.54) is 0 Å². The van der Waals surface area contributed by atoms with Crippen molar-refractivity contribution in [2.24, 2.45) is 5.92 Å². The van der Waals surface area contributed by atoms with E-state index in [1.807, 2.05) is 13.0 Å². The molecule has 2 atom stereocenters. The van der Waals surface area contributed by atoms with Crippen LogP contribution in [0.25, 0.3) is 0 Å². The highest BCUT2D eigenvalue weighted by atomic mass is 32.2. The van der Waals surface area contributed by atoms with Crippen molar-refractivity contribution in [3.05, 3.63) is 0 Å². The van der Waals surface area contributed by atoms with E-state index in [9.17, 15) is 4.21 Å². The average Bonchev–Trinajstić information content (AvgIpc) is 2.00. The van der Waals surface area contributed by atoms with Crippen molar-refractivity contribution in [2.75, 3.05) is 5.75 Å². The fourth-order valence-corrected chi connectivity index (χ4v) is 2.14. The van der Waals surface area contributed by atoms with Crippen molar-refractivity contribution in [1.82, 2.24) is 0 Å². The van der Waals surface area contributed by atoms with Crippen LogP contribution in [-0.4, -0.2) is 15.2 Å². The van der Waals surface area contributed by atoms with Crippen LogP contribution in [0.4, 0.5) is 0 Å². The lowest BCUT2D eigenvalue weighted by Crippen LogP contribution is -2.14. The zero-order chi connectivity index (χ0) is 9.56. The molecule has 12 heavy (non-hydrogen) atoms. The van der Waals surface area contributed by atoms with Gasteiger partial charge in [-0.25, -0.2) is 0 Å². The van der Waals surface area contributed by atoms with Gasteiger partial charge in [-0.3, -0.25) is 4.21 Å². The fraction of sp³-hybridized carbons (Fsp3) is 0.889. The first-order valence-corrected chi connectivity index (χ1v) is 5.70. The van der Waals surface area contributed by atoms with Gasteiger partial charge in [0.1, 0.15) is 0 Å². The molecule has 0 aromatic carbocycles. The molecule has 0 aromatic rings. The van der Waals surface area contributed by atoms with Gasteiger partial charge in [0.05, 0.1) is 6.07 Å². The highest BCUT2D eigenvalue weighted by Gasteiger charge is 2.10. The predicted octanol–water partition coefficient (Wildman–Crippen LogP) is 2.08. The van der Waals surface area contributed by atoms with Crippen LogP contribution in [0.5, 0.6) is 0 Å². The van der Waals surface area contributed by atoms with Gasteiger partial charge in [-0.15, -0.1) is 0 Å². The Morgan fingerprint density at radius 2 is 2.00 bits per heavy atom. The quantitative estimate of drug-likeness (QED) is 0.661. The minimum Gasteiger partial charge on any atom is -0.259 e. The first kappa shape index (κ1) is 11.6. The summed E-state index contributed by atoms with van der Waals surface area (Å²) in [6, 6.07) is 2.04. The van der Waals surface area contributed by atoms with Gasteiger partial charge in [0.25, 0.3) is 0 Å². The Hall–Kier alpha value is -0.360. The Balaban J connectivity index is 3.66. The molecule has 0 aliphatic rings. The summed E-state index contributed by atoms with van der Waals surface area (Å²) >= 11 is 0. The van der Waals surface area contributed by atoms with Crippen LogP contribution < -0.4 is 0 Å². The summed E-state index contributed by atoms with van der Waals surface area (Å²) in [5.41, 5.74) is 0. The Labute approximate surface area is 77.4 Å². The molecule has 2 unspecified atom stereocenters. The van der Waals surface area contributed by atoms with Crippen molar-refractivity contribution in [3.8, 4) is 6.07 Å². The van der Waals surface area contributed by atoms with E-state index in [0.29, 0.717) is 12.3 Å². The van der Waals surface area contributed by atoms with Gasteiger partial charge in [-0.1, -0.05) is 13.8 Å². The van der Waals surface area contributed by atoms with Crippen molar-refractivity contribution in [1.29, 1.82) is 5.26 Å². The van der Waals surface area contributed by atoms with Gasteiger partial charge < -0.3 is 0 Å². The van der Waals surface area contributed by atoms with Crippen molar-refractivity contribution in [2.45, 2.75) is 38.9 Å². The van der Waals surface area contributed by atoms with Crippen molar-refractivity contribution >= 4 is 10.8 Å². The molecule has 0 rings (SSSR count). The van der Waals surface area contributed by atoms with Crippen molar-refractivity contribution in [3.63, 3.8) is 0 Å². The van der Waals surface area contributed by atoms with Gasteiger partial charge in [-0.05, 0) is 19.3 Å².